The molecule has 0 spiro atoms. The Hall–Kier alpha value is -1.70. The lowest BCUT2D eigenvalue weighted by Crippen LogP contribution is -2.64. The summed E-state index contributed by atoms with van der Waals surface area (Å²) in [6.07, 6.45) is 2.20. The normalized spacial score (nSPS) is 29.1. The van der Waals surface area contributed by atoms with Crippen LogP contribution in [0.1, 0.15) is 18.4 Å². The largest absolute Gasteiger partial charge is 0.355 e. The van der Waals surface area contributed by atoms with E-state index in [2.05, 4.69) is 30.3 Å². The van der Waals surface area contributed by atoms with E-state index in [1.54, 1.807) is 12.1 Å². The first-order valence-corrected chi connectivity index (χ1v) is 10.6. The van der Waals surface area contributed by atoms with Gasteiger partial charge in [-0.1, -0.05) is 12.1 Å². The second-order valence-electron chi connectivity index (χ2n) is 8.26. The molecule has 4 fully saturated rings. The van der Waals surface area contributed by atoms with E-state index in [0.29, 0.717) is 12.1 Å². The molecule has 4 aliphatic heterocycles. The van der Waals surface area contributed by atoms with Crippen LogP contribution in [-0.4, -0.2) is 92.1 Å². The monoisotopic (exact) mass is 388 g/mol. The second-order valence-corrected chi connectivity index (χ2v) is 8.26. The first-order valence-electron chi connectivity index (χ1n) is 10.6. The Bertz CT molecular complexity index is 647. The Kier molecular flexibility index (Phi) is 6.44. The molecule has 7 heteroatoms. The van der Waals surface area contributed by atoms with Crippen molar-refractivity contribution in [2.45, 2.75) is 31.5 Å². The van der Waals surface area contributed by atoms with Crippen LogP contribution in [0.4, 0.5) is 4.39 Å². The van der Waals surface area contributed by atoms with Gasteiger partial charge in [0.25, 0.3) is 0 Å². The lowest BCUT2D eigenvalue weighted by molar-refractivity contribution is 0.0154. The molecule has 1 aromatic carbocycles. The van der Waals surface area contributed by atoms with Crippen LogP contribution in [0.25, 0.3) is 0 Å². The maximum absolute atomic E-state index is 13.1. The molecule has 0 aliphatic carbocycles. The average Bonchev–Trinajstić information content (AvgIpc) is 2.75. The lowest BCUT2D eigenvalue weighted by atomic mass is 10.0. The minimum atomic E-state index is -0.166. The summed E-state index contributed by atoms with van der Waals surface area (Å²) >= 11 is 0. The quantitative estimate of drug-likeness (QED) is 0.581. The molecule has 2 bridgehead atoms. The summed E-state index contributed by atoms with van der Waals surface area (Å²) in [4.78, 5) is 12.1. The Morgan fingerprint density at radius 2 is 1.79 bits per heavy atom. The number of nitrogens with zero attached hydrogens (tertiary/aromatic N) is 4. The van der Waals surface area contributed by atoms with Crippen LogP contribution in [-0.2, 0) is 6.54 Å². The first kappa shape index (κ1) is 19.6. The molecule has 1 unspecified atom stereocenters. The van der Waals surface area contributed by atoms with Crippen molar-refractivity contribution in [1.82, 2.24) is 25.3 Å². The van der Waals surface area contributed by atoms with E-state index in [1.807, 2.05) is 19.2 Å². The highest BCUT2D eigenvalue weighted by Crippen LogP contribution is 2.16. The minimum Gasteiger partial charge on any atom is -0.355 e. The fourth-order valence-electron chi connectivity index (χ4n) is 4.60. The van der Waals surface area contributed by atoms with E-state index in [9.17, 15) is 4.39 Å². The van der Waals surface area contributed by atoms with Crippen molar-refractivity contribution in [1.29, 1.82) is 0 Å². The van der Waals surface area contributed by atoms with Gasteiger partial charge in [-0.3, -0.25) is 19.7 Å². The maximum Gasteiger partial charge on any atom is 0.191 e. The molecule has 4 saturated heterocycles. The predicted molar refractivity (Wildman–Crippen MR) is 111 cm³/mol. The molecule has 1 aromatic rings. The topological polar surface area (TPSA) is 46.1 Å². The number of fused-ring (bicyclic) bond motifs is 3. The third-order valence-electron chi connectivity index (χ3n) is 6.37. The summed E-state index contributed by atoms with van der Waals surface area (Å²) in [6.45, 7) is 9.98. The van der Waals surface area contributed by atoms with Gasteiger partial charge in [-0.25, -0.2) is 4.39 Å². The van der Waals surface area contributed by atoms with Crippen molar-refractivity contribution < 1.29 is 4.39 Å². The van der Waals surface area contributed by atoms with Gasteiger partial charge >= 0.3 is 0 Å². The molecule has 154 valence electrons. The van der Waals surface area contributed by atoms with Gasteiger partial charge in [-0.15, -0.1) is 0 Å². The number of nitrogens with one attached hydrogen (secondary N) is 2. The number of hydrogen-bond donors (Lipinski definition) is 2. The van der Waals surface area contributed by atoms with Crippen molar-refractivity contribution in [3.63, 3.8) is 0 Å². The van der Waals surface area contributed by atoms with Crippen LogP contribution >= 0.6 is 0 Å². The number of aliphatic imine (C=N–C) groups is 1. The number of likely N-dealkylation sites (tertiary alicyclic amines) is 1. The highest BCUT2D eigenvalue weighted by molar-refractivity contribution is 5.80. The molecular weight excluding hydrogens is 355 g/mol. The fraction of sp³-hybridized carbons (Fsp3) is 0.667. The summed E-state index contributed by atoms with van der Waals surface area (Å²) in [5.41, 5.74) is 1.18. The maximum atomic E-state index is 13.1. The average molecular weight is 389 g/mol. The van der Waals surface area contributed by atoms with Gasteiger partial charge in [0.1, 0.15) is 5.82 Å². The highest BCUT2D eigenvalue weighted by atomic mass is 19.1. The van der Waals surface area contributed by atoms with Gasteiger partial charge in [-0.05, 0) is 30.5 Å². The summed E-state index contributed by atoms with van der Waals surface area (Å²) in [5, 5.41) is 7.16. The molecule has 1 atom stereocenters. The fourth-order valence-corrected chi connectivity index (χ4v) is 4.60. The van der Waals surface area contributed by atoms with Gasteiger partial charge in [0.15, 0.2) is 5.96 Å². The molecule has 0 saturated carbocycles. The molecule has 0 amide bonds. The van der Waals surface area contributed by atoms with E-state index < -0.39 is 0 Å². The summed E-state index contributed by atoms with van der Waals surface area (Å²) in [5.74, 6) is 0.759. The van der Waals surface area contributed by atoms with Crippen molar-refractivity contribution in [3.8, 4) is 0 Å². The number of piperazine rings is 3. The molecule has 2 N–H and O–H groups in total. The van der Waals surface area contributed by atoms with Gasteiger partial charge in [0.05, 0.1) is 0 Å². The Morgan fingerprint density at radius 1 is 1.07 bits per heavy atom. The first-order chi connectivity index (χ1) is 13.7. The van der Waals surface area contributed by atoms with E-state index in [-0.39, 0.29) is 5.82 Å². The van der Waals surface area contributed by atoms with Crippen LogP contribution in [0.15, 0.2) is 29.3 Å². The van der Waals surface area contributed by atoms with Gasteiger partial charge in [0, 0.05) is 78.0 Å². The Labute approximate surface area is 167 Å². The molecule has 5 rings (SSSR count). The summed E-state index contributed by atoms with van der Waals surface area (Å²) in [6, 6.07) is 7.92. The highest BCUT2D eigenvalue weighted by Gasteiger charge is 2.31. The van der Waals surface area contributed by atoms with E-state index in [0.717, 1.165) is 45.0 Å². The predicted octanol–water partition coefficient (Wildman–Crippen LogP) is 0.955. The lowest BCUT2D eigenvalue weighted by Gasteiger charge is -2.47. The van der Waals surface area contributed by atoms with Crippen molar-refractivity contribution in [3.05, 3.63) is 35.6 Å². The molecule has 28 heavy (non-hydrogen) atoms. The molecule has 4 heterocycles. The minimum absolute atomic E-state index is 0.166. The van der Waals surface area contributed by atoms with Crippen molar-refractivity contribution in [2.24, 2.45) is 4.99 Å². The van der Waals surface area contributed by atoms with E-state index >= 15 is 0 Å². The number of guanidine groups is 1. The molecule has 0 radical (unpaired) electrons. The molecule has 0 aromatic heterocycles. The van der Waals surface area contributed by atoms with Crippen LogP contribution in [0.2, 0.25) is 0 Å². The van der Waals surface area contributed by atoms with Crippen LogP contribution in [0.5, 0.6) is 0 Å². The van der Waals surface area contributed by atoms with E-state index in [4.69, 9.17) is 0 Å². The zero-order valence-corrected chi connectivity index (χ0v) is 16.9. The number of hydrogen-bond acceptors (Lipinski definition) is 4. The second kappa shape index (κ2) is 9.20. The van der Waals surface area contributed by atoms with Gasteiger partial charge < -0.3 is 10.6 Å². The zero-order chi connectivity index (χ0) is 19.3. The number of halogens is 1. The molecule has 6 nitrogen and oxygen atoms in total. The van der Waals surface area contributed by atoms with Crippen molar-refractivity contribution in [2.75, 3.05) is 59.4 Å². The van der Waals surface area contributed by atoms with Crippen molar-refractivity contribution >= 4 is 5.96 Å². The standard InChI is InChI=1S/C21H33FN6/c1-23-21(24-14-20-16-27-10-12-28(20)13-11-27)25-19-6-8-26(9-7-19)15-17-2-4-18(22)5-3-17/h2-5,19-20H,6-16H2,1H3,(H2,23,24,25). The molecule has 4 aliphatic rings. The van der Waals surface area contributed by atoms with Gasteiger partial charge in [-0.2, -0.15) is 0 Å². The van der Waals surface area contributed by atoms with Crippen LogP contribution < -0.4 is 10.6 Å². The third-order valence-corrected chi connectivity index (χ3v) is 6.37. The van der Waals surface area contributed by atoms with Crippen LogP contribution in [0, 0.1) is 5.82 Å². The summed E-state index contributed by atoms with van der Waals surface area (Å²) < 4.78 is 13.1. The SMILES string of the molecule is CN=C(NCC1CN2CCN1CC2)NC1CCN(Cc2ccc(F)cc2)CC1. The number of rotatable bonds is 5. The smallest absolute Gasteiger partial charge is 0.191 e. The number of benzene rings is 1. The van der Waals surface area contributed by atoms with E-state index in [1.165, 1.54) is 38.3 Å². The van der Waals surface area contributed by atoms with Crippen LogP contribution in [0.3, 0.4) is 0 Å². The Morgan fingerprint density at radius 3 is 2.39 bits per heavy atom. The zero-order valence-electron chi connectivity index (χ0n) is 16.9. The van der Waals surface area contributed by atoms with Gasteiger partial charge in [0.2, 0.25) is 0 Å². The third kappa shape index (κ3) is 5.01. The summed E-state index contributed by atoms with van der Waals surface area (Å²) in [7, 11) is 1.86. The Balaban J connectivity index is 1.18. The number of piperidine rings is 1. The molecular formula is C21H33FN6.